The van der Waals surface area contributed by atoms with E-state index in [4.69, 9.17) is 4.74 Å². The molecule has 1 fully saturated rings. The number of carbonyl (C=O) groups excluding carboxylic acids is 1. The minimum Gasteiger partial charge on any atom is -0.379 e. The van der Waals surface area contributed by atoms with Crippen molar-refractivity contribution in [3.05, 3.63) is 35.2 Å². The van der Waals surface area contributed by atoms with Crippen molar-refractivity contribution in [3.63, 3.8) is 0 Å². The predicted molar refractivity (Wildman–Crippen MR) is 98.7 cm³/mol. The third-order valence-electron chi connectivity index (χ3n) is 4.52. The SMILES string of the molecule is CC(NC(=O)N(C)CCN1CCOCC1)c1csc2ccccc12. The van der Waals surface area contributed by atoms with Crippen LogP contribution >= 0.6 is 11.3 Å². The lowest BCUT2D eigenvalue weighted by Crippen LogP contribution is -2.45. The van der Waals surface area contributed by atoms with Gasteiger partial charge in [-0.15, -0.1) is 11.3 Å². The highest BCUT2D eigenvalue weighted by Gasteiger charge is 2.17. The molecule has 1 aromatic carbocycles. The first-order valence-corrected chi connectivity index (χ1v) is 9.31. The minimum atomic E-state index is -0.0222. The van der Waals surface area contributed by atoms with Crippen molar-refractivity contribution in [3.8, 4) is 0 Å². The molecule has 0 radical (unpaired) electrons. The van der Waals surface area contributed by atoms with E-state index in [-0.39, 0.29) is 12.1 Å². The van der Waals surface area contributed by atoms with E-state index in [1.807, 2.05) is 26.1 Å². The molecule has 2 amide bonds. The van der Waals surface area contributed by atoms with E-state index >= 15 is 0 Å². The molecule has 1 aliphatic heterocycles. The highest BCUT2D eigenvalue weighted by atomic mass is 32.1. The first-order chi connectivity index (χ1) is 11.6. The molecule has 5 nitrogen and oxygen atoms in total. The third kappa shape index (κ3) is 4.06. The molecule has 3 rings (SSSR count). The monoisotopic (exact) mass is 347 g/mol. The Bertz CT molecular complexity index is 682. The summed E-state index contributed by atoms with van der Waals surface area (Å²) in [4.78, 5) is 16.5. The van der Waals surface area contributed by atoms with Crippen LogP contribution < -0.4 is 5.32 Å². The van der Waals surface area contributed by atoms with Crippen LogP contribution in [0, 0.1) is 0 Å². The van der Waals surface area contributed by atoms with Gasteiger partial charge in [-0.05, 0) is 29.3 Å². The maximum atomic E-state index is 12.4. The summed E-state index contributed by atoms with van der Waals surface area (Å²) in [6, 6.07) is 8.30. The molecular weight excluding hydrogens is 322 g/mol. The van der Waals surface area contributed by atoms with Crippen LogP contribution in [-0.2, 0) is 4.74 Å². The van der Waals surface area contributed by atoms with Gasteiger partial charge in [0.25, 0.3) is 0 Å². The average Bonchev–Trinajstić information content (AvgIpc) is 3.04. The van der Waals surface area contributed by atoms with Crippen LogP contribution in [0.3, 0.4) is 0 Å². The van der Waals surface area contributed by atoms with E-state index in [1.165, 1.54) is 15.6 Å². The molecule has 1 aromatic heterocycles. The van der Waals surface area contributed by atoms with Gasteiger partial charge in [-0.3, -0.25) is 4.90 Å². The Labute approximate surface area is 147 Å². The van der Waals surface area contributed by atoms with Crippen molar-refractivity contribution >= 4 is 27.5 Å². The van der Waals surface area contributed by atoms with Gasteiger partial charge in [-0.2, -0.15) is 0 Å². The van der Waals surface area contributed by atoms with Gasteiger partial charge in [0, 0.05) is 37.9 Å². The molecule has 0 spiro atoms. The summed E-state index contributed by atoms with van der Waals surface area (Å²) < 4.78 is 6.61. The van der Waals surface area contributed by atoms with Gasteiger partial charge in [0.05, 0.1) is 19.3 Å². The number of ether oxygens (including phenoxy) is 1. The first-order valence-electron chi connectivity index (χ1n) is 8.43. The van der Waals surface area contributed by atoms with Gasteiger partial charge in [0.2, 0.25) is 0 Å². The molecule has 24 heavy (non-hydrogen) atoms. The fraction of sp³-hybridized carbons (Fsp3) is 0.500. The molecule has 2 heterocycles. The number of hydrogen-bond acceptors (Lipinski definition) is 4. The number of benzene rings is 1. The fourth-order valence-corrected chi connectivity index (χ4v) is 3.98. The van der Waals surface area contributed by atoms with Gasteiger partial charge in [-0.1, -0.05) is 18.2 Å². The highest BCUT2D eigenvalue weighted by molar-refractivity contribution is 7.17. The van der Waals surface area contributed by atoms with E-state index in [0.29, 0.717) is 0 Å². The smallest absolute Gasteiger partial charge is 0.317 e. The van der Waals surface area contributed by atoms with Crippen LogP contribution in [0.2, 0.25) is 0 Å². The van der Waals surface area contributed by atoms with Gasteiger partial charge in [0.1, 0.15) is 0 Å². The Morgan fingerprint density at radius 2 is 2.12 bits per heavy atom. The summed E-state index contributed by atoms with van der Waals surface area (Å²) in [7, 11) is 1.86. The number of carbonyl (C=O) groups is 1. The second kappa shape index (κ2) is 7.96. The van der Waals surface area contributed by atoms with E-state index < -0.39 is 0 Å². The quantitative estimate of drug-likeness (QED) is 0.904. The van der Waals surface area contributed by atoms with Crippen molar-refractivity contribution in [1.29, 1.82) is 0 Å². The van der Waals surface area contributed by atoms with Crippen LogP contribution in [0.1, 0.15) is 18.5 Å². The first kappa shape index (κ1) is 17.2. The Hall–Kier alpha value is -1.63. The summed E-state index contributed by atoms with van der Waals surface area (Å²) in [6.45, 7) is 7.14. The number of nitrogens with one attached hydrogen (secondary N) is 1. The topological polar surface area (TPSA) is 44.8 Å². The Morgan fingerprint density at radius 1 is 1.38 bits per heavy atom. The fourth-order valence-electron chi connectivity index (χ4n) is 2.92. The van der Waals surface area contributed by atoms with Crippen molar-refractivity contribution in [1.82, 2.24) is 15.1 Å². The van der Waals surface area contributed by atoms with Gasteiger partial charge < -0.3 is 15.0 Å². The van der Waals surface area contributed by atoms with E-state index in [1.54, 1.807) is 16.2 Å². The zero-order chi connectivity index (χ0) is 16.9. The maximum absolute atomic E-state index is 12.4. The molecule has 1 saturated heterocycles. The van der Waals surface area contributed by atoms with Gasteiger partial charge >= 0.3 is 6.03 Å². The zero-order valence-corrected chi connectivity index (χ0v) is 15.1. The Morgan fingerprint density at radius 3 is 2.92 bits per heavy atom. The minimum absolute atomic E-state index is 0.000475. The van der Waals surface area contributed by atoms with E-state index in [0.717, 1.165) is 39.4 Å². The van der Waals surface area contributed by atoms with Crippen LogP contribution in [0.4, 0.5) is 4.79 Å². The summed E-state index contributed by atoms with van der Waals surface area (Å²) in [6.07, 6.45) is 0. The number of likely N-dealkylation sites (N-methyl/N-ethyl adjacent to an activating group) is 1. The summed E-state index contributed by atoms with van der Waals surface area (Å²) >= 11 is 1.72. The second-order valence-electron chi connectivity index (χ2n) is 6.23. The lowest BCUT2D eigenvalue weighted by molar-refractivity contribution is 0.0357. The molecular formula is C18H25N3O2S. The summed E-state index contributed by atoms with van der Waals surface area (Å²) in [5.41, 5.74) is 1.19. The number of morpholine rings is 1. The molecule has 1 unspecified atom stereocenters. The van der Waals surface area contributed by atoms with Crippen LogP contribution in [0.15, 0.2) is 29.6 Å². The van der Waals surface area contributed by atoms with Crippen molar-refractivity contribution in [2.24, 2.45) is 0 Å². The zero-order valence-electron chi connectivity index (χ0n) is 14.3. The normalized spacial score (nSPS) is 16.9. The lowest BCUT2D eigenvalue weighted by Gasteiger charge is -2.29. The predicted octanol–water partition coefficient (Wildman–Crippen LogP) is 2.94. The summed E-state index contributed by atoms with van der Waals surface area (Å²) in [5, 5.41) is 6.48. The van der Waals surface area contributed by atoms with Crippen LogP contribution in [-0.4, -0.2) is 62.3 Å². The van der Waals surface area contributed by atoms with Gasteiger partial charge in [-0.25, -0.2) is 4.79 Å². The molecule has 0 aliphatic carbocycles. The molecule has 1 N–H and O–H groups in total. The molecule has 0 bridgehead atoms. The maximum Gasteiger partial charge on any atom is 0.317 e. The Balaban J connectivity index is 1.53. The molecule has 130 valence electrons. The highest BCUT2D eigenvalue weighted by Crippen LogP contribution is 2.29. The van der Waals surface area contributed by atoms with Crippen molar-refractivity contribution < 1.29 is 9.53 Å². The largest absolute Gasteiger partial charge is 0.379 e. The second-order valence-corrected chi connectivity index (χ2v) is 7.15. The molecule has 0 saturated carbocycles. The third-order valence-corrected chi connectivity index (χ3v) is 5.50. The number of rotatable bonds is 5. The lowest BCUT2D eigenvalue weighted by atomic mass is 10.1. The number of thiophene rings is 1. The van der Waals surface area contributed by atoms with Crippen molar-refractivity contribution in [2.45, 2.75) is 13.0 Å². The van der Waals surface area contributed by atoms with Crippen LogP contribution in [0.5, 0.6) is 0 Å². The Kier molecular flexibility index (Phi) is 5.71. The number of urea groups is 1. The number of fused-ring (bicyclic) bond motifs is 1. The number of nitrogens with zero attached hydrogens (tertiary/aromatic N) is 2. The number of amides is 2. The van der Waals surface area contributed by atoms with Crippen molar-refractivity contribution in [2.75, 3.05) is 46.4 Å². The van der Waals surface area contributed by atoms with E-state index in [9.17, 15) is 4.79 Å². The molecule has 1 aliphatic rings. The molecule has 2 aromatic rings. The average molecular weight is 347 g/mol. The van der Waals surface area contributed by atoms with Crippen LogP contribution in [0.25, 0.3) is 10.1 Å². The number of hydrogen-bond donors (Lipinski definition) is 1. The molecule has 6 heteroatoms. The van der Waals surface area contributed by atoms with Gasteiger partial charge in [0.15, 0.2) is 0 Å². The summed E-state index contributed by atoms with van der Waals surface area (Å²) in [5.74, 6) is 0. The standard InChI is InChI=1S/C18H25N3O2S/c1-14(16-13-24-17-6-4-3-5-15(16)17)19-18(22)20(2)7-8-21-9-11-23-12-10-21/h3-6,13-14H,7-12H2,1-2H3,(H,19,22). The molecule has 1 atom stereocenters. The van der Waals surface area contributed by atoms with E-state index in [2.05, 4.69) is 27.7 Å².